The highest BCUT2D eigenvalue weighted by molar-refractivity contribution is 5.85. The molecule has 1 heterocycles. The molecule has 0 aromatic rings. The largest absolute Gasteiger partial charge is 0.389 e. The van der Waals surface area contributed by atoms with Crippen molar-refractivity contribution in [3.8, 4) is 0 Å². The second-order valence-corrected chi connectivity index (χ2v) is 8.32. The lowest BCUT2D eigenvalue weighted by molar-refractivity contribution is -0.142. The van der Waals surface area contributed by atoms with Crippen LogP contribution in [0, 0.1) is 23.2 Å². The van der Waals surface area contributed by atoms with Crippen molar-refractivity contribution >= 4 is 11.8 Å². The number of hydrogen-bond donors (Lipinski definition) is 2. The molecule has 1 aliphatic heterocycles. The smallest absolute Gasteiger partial charge is 0.242 e. The molecule has 0 spiro atoms. The van der Waals surface area contributed by atoms with Crippen LogP contribution >= 0.6 is 0 Å². The van der Waals surface area contributed by atoms with Crippen LogP contribution in [-0.4, -0.2) is 47.6 Å². The highest BCUT2D eigenvalue weighted by atomic mass is 16.3. The summed E-state index contributed by atoms with van der Waals surface area (Å²) in [7, 11) is 0. The Kier molecular flexibility index (Phi) is 3.44. The topological polar surface area (TPSA) is 69.6 Å². The van der Waals surface area contributed by atoms with Gasteiger partial charge in [-0.1, -0.05) is 0 Å². The number of aliphatic hydroxyl groups is 1. The molecule has 122 valence electrons. The first-order valence-corrected chi connectivity index (χ1v) is 8.74. The lowest BCUT2D eigenvalue weighted by atomic mass is 9.49. The highest BCUT2D eigenvalue weighted by Crippen LogP contribution is 2.61. The minimum absolute atomic E-state index is 0.0383. The van der Waals surface area contributed by atoms with Crippen LogP contribution in [-0.2, 0) is 9.59 Å². The van der Waals surface area contributed by atoms with Crippen LogP contribution in [0.15, 0.2) is 0 Å². The maximum absolute atomic E-state index is 12.3. The van der Waals surface area contributed by atoms with Crippen LogP contribution < -0.4 is 5.32 Å². The van der Waals surface area contributed by atoms with Crippen molar-refractivity contribution in [2.75, 3.05) is 19.6 Å². The maximum atomic E-state index is 12.3. The molecule has 5 nitrogen and oxygen atoms in total. The Labute approximate surface area is 131 Å². The van der Waals surface area contributed by atoms with E-state index in [-0.39, 0.29) is 29.9 Å². The van der Waals surface area contributed by atoms with Crippen LogP contribution in [0.25, 0.3) is 0 Å². The Morgan fingerprint density at radius 1 is 1.05 bits per heavy atom. The molecule has 5 rings (SSSR count). The molecule has 22 heavy (non-hydrogen) atoms. The monoisotopic (exact) mass is 306 g/mol. The number of amides is 2. The normalized spacial score (nSPS) is 39.7. The fourth-order valence-corrected chi connectivity index (χ4v) is 5.85. The summed E-state index contributed by atoms with van der Waals surface area (Å²) in [6, 6.07) is 0. The number of nitrogens with one attached hydrogen (secondary N) is 1. The van der Waals surface area contributed by atoms with Crippen molar-refractivity contribution in [3.05, 3.63) is 0 Å². The van der Waals surface area contributed by atoms with Crippen LogP contribution in [0.2, 0.25) is 0 Å². The van der Waals surface area contributed by atoms with Gasteiger partial charge in [0, 0.05) is 19.5 Å². The summed E-state index contributed by atoms with van der Waals surface area (Å²) in [4.78, 5) is 25.7. The van der Waals surface area contributed by atoms with Gasteiger partial charge in [0.05, 0.1) is 12.6 Å². The maximum Gasteiger partial charge on any atom is 0.242 e. The third kappa shape index (κ3) is 2.64. The second-order valence-electron chi connectivity index (χ2n) is 8.32. The number of likely N-dealkylation sites (tertiary alicyclic amines) is 1. The molecule has 0 aromatic heterocycles. The average Bonchev–Trinajstić information content (AvgIpc) is 2.39. The van der Waals surface area contributed by atoms with Crippen LogP contribution in [0.1, 0.15) is 44.9 Å². The second kappa shape index (κ2) is 5.22. The van der Waals surface area contributed by atoms with Crippen LogP contribution in [0.4, 0.5) is 0 Å². The lowest BCUT2D eigenvalue weighted by Crippen LogP contribution is -2.56. The minimum atomic E-state index is -0.383. The van der Waals surface area contributed by atoms with Gasteiger partial charge in [0.2, 0.25) is 11.8 Å². The Morgan fingerprint density at radius 3 is 2.09 bits per heavy atom. The van der Waals surface area contributed by atoms with E-state index in [1.54, 1.807) is 4.90 Å². The molecule has 5 aliphatic rings. The summed E-state index contributed by atoms with van der Waals surface area (Å²) in [5, 5.41) is 12.0. The van der Waals surface area contributed by atoms with Crippen LogP contribution in [0.3, 0.4) is 0 Å². The summed E-state index contributed by atoms with van der Waals surface area (Å²) >= 11 is 0. The van der Waals surface area contributed by atoms with Gasteiger partial charge in [0.1, 0.15) is 0 Å². The van der Waals surface area contributed by atoms with Gasteiger partial charge in [-0.3, -0.25) is 9.59 Å². The third-order valence-corrected chi connectivity index (χ3v) is 6.35. The van der Waals surface area contributed by atoms with Crippen molar-refractivity contribution < 1.29 is 14.7 Å². The standard InChI is InChI=1S/C17H26N2O3/c20-14-9-19(10-14)16(22)8-18-15(21)7-17-4-11-1-12(5-17)3-13(2-11)6-17/h11-14,20H,1-10H2,(H,18,21). The number of aliphatic hydroxyl groups excluding tert-OH is 1. The van der Waals surface area contributed by atoms with Crippen molar-refractivity contribution in [3.63, 3.8) is 0 Å². The van der Waals surface area contributed by atoms with E-state index in [0.717, 1.165) is 17.8 Å². The summed E-state index contributed by atoms with van der Waals surface area (Å²) in [5.74, 6) is 2.51. The van der Waals surface area contributed by atoms with E-state index < -0.39 is 0 Å². The van der Waals surface area contributed by atoms with E-state index in [2.05, 4.69) is 5.32 Å². The van der Waals surface area contributed by atoms with Gasteiger partial charge in [-0.25, -0.2) is 0 Å². The summed E-state index contributed by atoms with van der Waals surface area (Å²) in [6.45, 7) is 0.894. The van der Waals surface area contributed by atoms with Gasteiger partial charge in [0.15, 0.2) is 0 Å². The number of nitrogens with zero attached hydrogens (tertiary/aromatic N) is 1. The van der Waals surface area contributed by atoms with E-state index in [9.17, 15) is 14.7 Å². The lowest BCUT2D eigenvalue weighted by Gasteiger charge is -2.56. The van der Waals surface area contributed by atoms with Crippen molar-refractivity contribution in [1.82, 2.24) is 10.2 Å². The molecule has 2 amide bonds. The third-order valence-electron chi connectivity index (χ3n) is 6.35. The molecule has 4 bridgehead atoms. The zero-order valence-corrected chi connectivity index (χ0v) is 13.1. The first-order valence-electron chi connectivity index (χ1n) is 8.74. The summed E-state index contributed by atoms with van der Waals surface area (Å²) < 4.78 is 0. The SMILES string of the molecule is O=C(CC12CC3CC(CC(C3)C1)C2)NCC(=O)N1CC(O)C1. The molecular weight excluding hydrogens is 280 g/mol. The first-order chi connectivity index (χ1) is 10.5. The quantitative estimate of drug-likeness (QED) is 0.811. The molecule has 0 aromatic carbocycles. The molecule has 0 atom stereocenters. The Hall–Kier alpha value is -1.10. The number of β-amino-alcohol motifs (C(OH)–C–C–N with tert-alkyl or cyclic N) is 1. The Bertz CT molecular complexity index is 449. The summed E-state index contributed by atoms with van der Waals surface area (Å²) in [5.41, 5.74) is 0.231. The molecule has 0 unspecified atom stereocenters. The number of carbonyl (C=O) groups excluding carboxylic acids is 2. The van der Waals surface area contributed by atoms with Gasteiger partial charge in [-0.15, -0.1) is 0 Å². The number of carbonyl (C=O) groups is 2. The van der Waals surface area contributed by atoms with E-state index in [0.29, 0.717) is 19.5 Å². The van der Waals surface area contributed by atoms with Crippen molar-refractivity contribution in [2.45, 2.75) is 51.0 Å². The predicted molar refractivity (Wildman–Crippen MR) is 80.8 cm³/mol. The molecule has 1 saturated heterocycles. The minimum Gasteiger partial charge on any atom is -0.389 e. The number of hydrogen-bond acceptors (Lipinski definition) is 3. The molecule has 0 radical (unpaired) electrons. The van der Waals surface area contributed by atoms with Gasteiger partial charge < -0.3 is 15.3 Å². The predicted octanol–water partition coefficient (Wildman–Crippen LogP) is 0.912. The first kappa shape index (κ1) is 14.5. The van der Waals surface area contributed by atoms with Gasteiger partial charge in [-0.2, -0.15) is 0 Å². The van der Waals surface area contributed by atoms with E-state index in [4.69, 9.17) is 0 Å². The molecular formula is C17H26N2O3. The average molecular weight is 306 g/mol. The zero-order chi connectivity index (χ0) is 15.3. The van der Waals surface area contributed by atoms with Crippen molar-refractivity contribution in [2.24, 2.45) is 23.2 Å². The Morgan fingerprint density at radius 2 is 1.59 bits per heavy atom. The van der Waals surface area contributed by atoms with Gasteiger partial charge in [0.25, 0.3) is 0 Å². The van der Waals surface area contributed by atoms with E-state index >= 15 is 0 Å². The molecule has 5 heteroatoms. The molecule has 2 N–H and O–H groups in total. The fourth-order valence-electron chi connectivity index (χ4n) is 5.85. The van der Waals surface area contributed by atoms with Crippen molar-refractivity contribution in [1.29, 1.82) is 0 Å². The Balaban J connectivity index is 1.28. The van der Waals surface area contributed by atoms with Gasteiger partial charge in [-0.05, 0) is 61.7 Å². The molecule has 5 fully saturated rings. The van der Waals surface area contributed by atoms with Gasteiger partial charge >= 0.3 is 0 Å². The fraction of sp³-hybridized carbons (Fsp3) is 0.882. The van der Waals surface area contributed by atoms with E-state index in [1.807, 2.05) is 0 Å². The molecule has 4 aliphatic carbocycles. The number of rotatable bonds is 4. The molecule has 4 saturated carbocycles. The summed E-state index contributed by atoms with van der Waals surface area (Å²) in [6.07, 6.45) is 8.04. The zero-order valence-electron chi connectivity index (χ0n) is 13.1. The highest BCUT2D eigenvalue weighted by Gasteiger charge is 2.51. The van der Waals surface area contributed by atoms with Crippen LogP contribution in [0.5, 0.6) is 0 Å². The van der Waals surface area contributed by atoms with E-state index in [1.165, 1.54) is 38.5 Å².